The number of hydrogen-bond donors (Lipinski definition) is 1. The Morgan fingerprint density at radius 2 is 1.80 bits per heavy atom. The topological polar surface area (TPSA) is 0 Å². The highest BCUT2D eigenvalue weighted by Gasteiger charge is 2.10. The molecular weight excluding hydrogens is 224 g/mol. The molecule has 0 saturated heterocycles. The number of thiol groups is 1. The maximum atomic E-state index is 6.26. The number of halogens is 1. The van der Waals surface area contributed by atoms with Gasteiger partial charge in [-0.3, -0.25) is 0 Å². The molecule has 0 fully saturated rings. The summed E-state index contributed by atoms with van der Waals surface area (Å²) in [6.45, 7) is 8.72. The fourth-order valence-electron chi connectivity index (χ4n) is 1.68. The molecular formula is C13H19ClS. The SMILES string of the molecule is CC(C)Cc1cc(S)c(C(C)C)cc1Cl. The van der Waals surface area contributed by atoms with Crippen LogP contribution in [0.5, 0.6) is 0 Å². The van der Waals surface area contributed by atoms with Gasteiger partial charge in [0.15, 0.2) is 0 Å². The van der Waals surface area contributed by atoms with Crippen LogP contribution in [0.3, 0.4) is 0 Å². The number of rotatable bonds is 3. The molecule has 0 heterocycles. The van der Waals surface area contributed by atoms with Gasteiger partial charge < -0.3 is 0 Å². The van der Waals surface area contributed by atoms with Gasteiger partial charge >= 0.3 is 0 Å². The Morgan fingerprint density at radius 1 is 1.20 bits per heavy atom. The van der Waals surface area contributed by atoms with Crippen molar-refractivity contribution in [3.63, 3.8) is 0 Å². The van der Waals surface area contributed by atoms with Crippen molar-refractivity contribution >= 4 is 24.2 Å². The van der Waals surface area contributed by atoms with Crippen molar-refractivity contribution in [1.29, 1.82) is 0 Å². The van der Waals surface area contributed by atoms with E-state index >= 15 is 0 Å². The van der Waals surface area contributed by atoms with Crippen molar-refractivity contribution in [2.24, 2.45) is 5.92 Å². The quantitative estimate of drug-likeness (QED) is 0.713. The molecule has 1 rings (SSSR count). The van der Waals surface area contributed by atoms with E-state index in [0.29, 0.717) is 11.8 Å². The Kier molecular flexibility index (Phi) is 4.54. The van der Waals surface area contributed by atoms with Crippen LogP contribution in [0.25, 0.3) is 0 Å². The fraction of sp³-hybridized carbons (Fsp3) is 0.538. The van der Waals surface area contributed by atoms with Crippen LogP contribution in [0.4, 0.5) is 0 Å². The van der Waals surface area contributed by atoms with Crippen molar-refractivity contribution in [1.82, 2.24) is 0 Å². The van der Waals surface area contributed by atoms with Gasteiger partial charge in [0.1, 0.15) is 0 Å². The summed E-state index contributed by atoms with van der Waals surface area (Å²) in [7, 11) is 0. The van der Waals surface area contributed by atoms with Crippen LogP contribution in [0.15, 0.2) is 17.0 Å². The minimum absolute atomic E-state index is 0.475. The minimum Gasteiger partial charge on any atom is -0.143 e. The maximum Gasteiger partial charge on any atom is 0.0441 e. The Balaban J connectivity index is 3.08. The lowest BCUT2D eigenvalue weighted by Crippen LogP contribution is -1.98. The molecule has 0 nitrogen and oxygen atoms in total. The van der Waals surface area contributed by atoms with Gasteiger partial charge in [-0.15, -0.1) is 12.6 Å². The lowest BCUT2D eigenvalue weighted by molar-refractivity contribution is 0.645. The highest BCUT2D eigenvalue weighted by molar-refractivity contribution is 7.80. The van der Waals surface area contributed by atoms with Crippen LogP contribution in [-0.2, 0) is 6.42 Å². The molecule has 0 aliphatic heterocycles. The normalized spacial score (nSPS) is 11.5. The van der Waals surface area contributed by atoms with Crippen molar-refractivity contribution in [2.75, 3.05) is 0 Å². The van der Waals surface area contributed by atoms with E-state index in [1.807, 2.05) is 0 Å². The third kappa shape index (κ3) is 3.42. The first-order valence-corrected chi connectivity index (χ1v) is 6.25. The lowest BCUT2D eigenvalue weighted by atomic mass is 9.97. The zero-order valence-corrected chi connectivity index (χ0v) is 11.5. The lowest BCUT2D eigenvalue weighted by Gasteiger charge is -2.14. The molecule has 0 aliphatic carbocycles. The Labute approximate surface area is 103 Å². The molecule has 0 spiro atoms. The van der Waals surface area contributed by atoms with E-state index in [9.17, 15) is 0 Å². The van der Waals surface area contributed by atoms with Crippen LogP contribution in [0.1, 0.15) is 44.7 Å². The van der Waals surface area contributed by atoms with E-state index in [1.54, 1.807) is 0 Å². The molecule has 0 amide bonds. The summed E-state index contributed by atoms with van der Waals surface area (Å²) in [6, 6.07) is 4.17. The highest BCUT2D eigenvalue weighted by Crippen LogP contribution is 2.30. The van der Waals surface area contributed by atoms with Gasteiger partial charge in [-0.2, -0.15) is 0 Å². The van der Waals surface area contributed by atoms with E-state index in [1.165, 1.54) is 11.1 Å². The second kappa shape index (κ2) is 5.27. The Hall–Kier alpha value is -0.140. The van der Waals surface area contributed by atoms with Crippen LogP contribution in [0.2, 0.25) is 5.02 Å². The summed E-state index contributed by atoms with van der Waals surface area (Å²) in [6.07, 6.45) is 1.02. The molecule has 0 N–H and O–H groups in total. The smallest absolute Gasteiger partial charge is 0.0441 e. The average molecular weight is 243 g/mol. The molecule has 0 radical (unpaired) electrons. The summed E-state index contributed by atoms with van der Waals surface area (Å²) in [5.41, 5.74) is 2.44. The molecule has 0 saturated carbocycles. The zero-order chi connectivity index (χ0) is 11.6. The second-order valence-corrected chi connectivity index (χ2v) is 5.64. The van der Waals surface area contributed by atoms with Crippen molar-refractivity contribution in [3.05, 3.63) is 28.3 Å². The fourth-order valence-corrected chi connectivity index (χ4v) is 2.41. The predicted molar refractivity (Wildman–Crippen MR) is 71.3 cm³/mol. The summed E-state index contributed by atoms with van der Waals surface area (Å²) < 4.78 is 0. The van der Waals surface area contributed by atoms with E-state index in [4.69, 9.17) is 11.6 Å². The third-order valence-corrected chi connectivity index (χ3v) is 3.19. The van der Waals surface area contributed by atoms with E-state index in [0.717, 1.165) is 16.3 Å². The molecule has 1 aromatic rings. The van der Waals surface area contributed by atoms with Crippen LogP contribution in [-0.4, -0.2) is 0 Å². The van der Waals surface area contributed by atoms with Crippen molar-refractivity contribution in [3.8, 4) is 0 Å². The molecule has 0 bridgehead atoms. The van der Waals surface area contributed by atoms with Gasteiger partial charge in [0, 0.05) is 9.92 Å². The summed E-state index contributed by atoms with van der Waals surface area (Å²) in [4.78, 5) is 1.06. The van der Waals surface area contributed by atoms with Crippen LogP contribution < -0.4 is 0 Å². The largest absolute Gasteiger partial charge is 0.143 e. The standard InChI is InChI=1S/C13H19ClS/c1-8(2)5-10-6-13(15)11(9(3)4)7-12(10)14/h6-9,15H,5H2,1-4H3. The molecule has 2 heteroatoms. The summed E-state index contributed by atoms with van der Waals surface area (Å²) in [5.74, 6) is 1.10. The molecule has 15 heavy (non-hydrogen) atoms. The second-order valence-electron chi connectivity index (χ2n) is 4.76. The van der Waals surface area contributed by atoms with Crippen LogP contribution in [0, 0.1) is 5.92 Å². The maximum absolute atomic E-state index is 6.26. The van der Waals surface area contributed by atoms with E-state index < -0.39 is 0 Å². The molecule has 0 aromatic heterocycles. The van der Waals surface area contributed by atoms with Gasteiger partial charge in [-0.25, -0.2) is 0 Å². The summed E-state index contributed by atoms with van der Waals surface area (Å²) in [5, 5.41) is 0.880. The van der Waals surface area contributed by atoms with Gasteiger partial charge in [0.2, 0.25) is 0 Å². The van der Waals surface area contributed by atoms with Gasteiger partial charge in [-0.05, 0) is 41.5 Å². The minimum atomic E-state index is 0.475. The first kappa shape index (κ1) is 12.9. The molecule has 1 aromatic carbocycles. The Bertz CT molecular complexity index is 343. The monoisotopic (exact) mass is 242 g/mol. The summed E-state index contributed by atoms with van der Waals surface area (Å²) >= 11 is 10.8. The zero-order valence-electron chi connectivity index (χ0n) is 9.84. The highest BCUT2D eigenvalue weighted by atomic mass is 35.5. The first-order valence-electron chi connectivity index (χ1n) is 5.43. The van der Waals surface area contributed by atoms with Gasteiger partial charge in [0.05, 0.1) is 0 Å². The van der Waals surface area contributed by atoms with Gasteiger partial charge in [-0.1, -0.05) is 39.3 Å². The first-order chi connectivity index (χ1) is 6.91. The number of hydrogen-bond acceptors (Lipinski definition) is 1. The van der Waals surface area contributed by atoms with E-state index in [2.05, 4.69) is 52.5 Å². The Morgan fingerprint density at radius 3 is 2.27 bits per heavy atom. The molecule has 84 valence electrons. The van der Waals surface area contributed by atoms with Crippen molar-refractivity contribution in [2.45, 2.75) is 44.9 Å². The average Bonchev–Trinajstić information content (AvgIpc) is 2.09. The molecule has 0 unspecified atom stereocenters. The third-order valence-electron chi connectivity index (χ3n) is 2.45. The predicted octanol–water partition coefficient (Wildman–Crippen LogP) is 4.95. The van der Waals surface area contributed by atoms with Crippen LogP contribution >= 0.6 is 24.2 Å². The molecule has 0 atom stereocenters. The number of benzene rings is 1. The molecule has 0 aliphatic rings. The van der Waals surface area contributed by atoms with Gasteiger partial charge in [0.25, 0.3) is 0 Å². The van der Waals surface area contributed by atoms with Crippen molar-refractivity contribution < 1.29 is 0 Å². The van der Waals surface area contributed by atoms with E-state index in [-0.39, 0.29) is 0 Å².